The molecule has 0 aliphatic carbocycles. The average molecular weight is 359 g/mol. The smallest absolute Gasteiger partial charge is 0.257 e. The fourth-order valence-corrected chi connectivity index (χ4v) is 2.57. The first-order valence-electron chi connectivity index (χ1n) is 8.27. The summed E-state index contributed by atoms with van der Waals surface area (Å²) in [6.07, 6.45) is -0.333. The zero-order chi connectivity index (χ0) is 18.4. The summed E-state index contributed by atoms with van der Waals surface area (Å²) in [6, 6.07) is 12.4. The van der Waals surface area contributed by atoms with E-state index >= 15 is 0 Å². The highest BCUT2D eigenvalue weighted by atomic mass is 16.7. The van der Waals surface area contributed by atoms with Crippen LogP contribution in [0, 0.1) is 0 Å². The first kappa shape index (κ1) is 17.9. The Bertz CT molecular complexity index is 763. The second-order valence-corrected chi connectivity index (χ2v) is 5.71. The predicted molar refractivity (Wildman–Crippen MR) is 93.6 cm³/mol. The number of methoxy groups -OCH3 is 1. The minimum Gasteiger partial charge on any atom is -0.493 e. The summed E-state index contributed by atoms with van der Waals surface area (Å²) in [5.41, 5.74) is 0.716. The zero-order valence-corrected chi connectivity index (χ0v) is 14.4. The summed E-state index contributed by atoms with van der Waals surface area (Å²) < 4.78 is 21.2. The van der Waals surface area contributed by atoms with Gasteiger partial charge in [0.2, 0.25) is 6.79 Å². The number of rotatable bonds is 8. The van der Waals surface area contributed by atoms with Crippen molar-refractivity contribution in [2.75, 3.05) is 27.1 Å². The largest absolute Gasteiger partial charge is 0.493 e. The van der Waals surface area contributed by atoms with Crippen LogP contribution in [-0.4, -0.2) is 38.1 Å². The van der Waals surface area contributed by atoms with Crippen molar-refractivity contribution in [3.05, 3.63) is 48.0 Å². The second-order valence-electron chi connectivity index (χ2n) is 5.71. The first-order chi connectivity index (χ1) is 12.7. The van der Waals surface area contributed by atoms with Crippen LogP contribution in [-0.2, 0) is 4.79 Å². The molecule has 1 aliphatic rings. The number of nitrogens with one attached hydrogen (secondary N) is 1. The molecular formula is C19H21NO6. The van der Waals surface area contributed by atoms with Gasteiger partial charge in [0.25, 0.3) is 5.91 Å². The van der Waals surface area contributed by atoms with Crippen LogP contribution in [0.15, 0.2) is 42.5 Å². The van der Waals surface area contributed by atoms with Gasteiger partial charge in [-0.1, -0.05) is 18.2 Å². The van der Waals surface area contributed by atoms with Crippen LogP contribution in [0.2, 0.25) is 0 Å². The second kappa shape index (κ2) is 8.44. The van der Waals surface area contributed by atoms with Gasteiger partial charge in [-0.05, 0) is 36.2 Å². The SMILES string of the molecule is COc1ccccc1OCC(=O)NCCC(O)c1ccc2c(c1)OCO2. The summed E-state index contributed by atoms with van der Waals surface area (Å²) in [4.78, 5) is 11.9. The monoisotopic (exact) mass is 359 g/mol. The van der Waals surface area contributed by atoms with E-state index in [4.69, 9.17) is 18.9 Å². The van der Waals surface area contributed by atoms with E-state index in [9.17, 15) is 9.90 Å². The molecule has 0 radical (unpaired) electrons. The van der Waals surface area contributed by atoms with Crippen LogP contribution in [0.5, 0.6) is 23.0 Å². The number of aliphatic hydroxyl groups excluding tert-OH is 1. The molecule has 3 rings (SSSR count). The van der Waals surface area contributed by atoms with Crippen molar-refractivity contribution >= 4 is 5.91 Å². The molecule has 0 saturated heterocycles. The number of carbonyl (C=O) groups is 1. The molecule has 1 heterocycles. The molecule has 138 valence electrons. The zero-order valence-electron chi connectivity index (χ0n) is 14.4. The molecule has 26 heavy (non-hydrogen) atoms. The van der Waals surface area contributed by atoms with Crippen LogP contribution >= 0.6 is 0 Å². The summed E-state index contributed by atoms with van der Waals surface area (Å²) in [6.45, 7) is 0.390. The molecule has 0 saturated carbocycles. The Morgan fingerprint density at radius 1 is 1.19 bits per heavy atom. The summed E-state index contributed by atoms with van der Waals surface area (Å²) in [5.74, 6) is 2.09. The third kappa shape index (κ3) is 4.37. The van der Waals surface area contributed by atoms with Gasteiger partial charge in [-0.25, -0.2) is 0 Å². The standard InChI is InChI=1S/C19H21NO6/c1-23-15-4-2-3-5-16(15)24-11-19(22)20-9-8-14(21)13-6-7-17-18(10-13)26-12-25-17/h2-7,10,14,21H,8-9,11-12H2,1H3,(H,20,22). The Balaban J connectivity index is 1.42. The number of amides is 1. The Morgan fingerprint density at radius 2 is 1.96 bits per heavy atom. The highest BCUT2D eigenvalue weighted by molar-refractivity contribution is 5.77. The Labute approximate surface area is 151 Å². The van der Waals surface area contributed by atoms with Crippen LogP contribution in [0.3, 0.4) is 0 Å². The van der Waals surface area contributed by atoms with E-state index in [1.54, 1.807) is 43.5 Å². The molecule has 1 unspecified atom stereocenters. The van der Waals surface area contributed by atoms with E-state index in [1.807, 2.05) is 6.07 Å². The molecule has 1 amide bonds. The minimum absolute atomic E-state index is 0.125. The molecule has 1 atom stereocenters. The third-order valence-corrected chi connectivity index (χ3v) is 3.95. The fourth-order valence-electron chi connectivity index (χ4n) is 2.57. The quantitative estimate of drug-likeness (QED) is 0.750. The van der Waals surface area contributed by atoms with Gasteiger partial charge in [0.15, 0.2) is 29.6 Å². The van der Waals surface area contributed by atoms with Crippen molar-refractivity contribution in [1.29, 1.82) is 0 Å². The fraction of sp³-hybridized carbons (Fsp3) is 0.316. The van der Waals surface area contributed by atoms with Crippen molar-refractivity contribution in [2.24, 2.45) is 0 Å². The molecule has 0 spiro atoms. The van der Waals surface area contributed by atoms with Gasteiger partial charge in [-0.2, -0.15) is 0 Å². The maximum Gasteiger partial charge on any atom is 0.257 e. The van der Waals surface area contributed by atoms with E-state index in [1.165, 1.54) is 0 Å². The number of aliphatic hydroxyl groups is 1. The van der Waals surface area contributed by atoms with Gasteiger partial charge in [0.1, 0.15) is 0 Å². The van der Waals surface area contributed by atoms with Crippen molar-refractivity contribution in [3.63, 3.8) is 0 Å². The minimum atomic E-state index is -0.708. The number of ether oxygens (including phenoxy) is 4. The summed E-state index contributed by atoms with van der Waals surface area (Å²) >= 11 is 0. The van der Waals surface area contributed by atoms with E-state index in [-0.39, 0.29) is 19.3 Å². The Hall–Kier alpha value is -2.93. The lowest BCUT2D eigenvalue weighted by molar-refractivity contribution is -0.123. The van der Waals surface area contributed by atoms with Crippen molar-refractivity contribution in [2.45, 2.75) is 12.5 Å². The highest BCUT2D eigenvalue weighted by Crippen LogP contribution is 2.34. The van der Waals surface area contributed by atoms with Crippen LogP contribution in [0.25, 0.3) is 0 Å². The number of fused-ring (bicyclic) bond motifs is 1. The van der Waals surface area contributed by atoms with Crippen molar-refractivity contribution in [3.8, 4) is 23.0 Å². The molecule has 2 aromatic rings. The van der Waals surface area contributed by atoms with E-state index in [2.05, 4.69) is 5.32 Å². The van der Waals surface area contributed by atoms with Crippen LogP contribution in [0.1, 0.15) is 18.1 Å². The third-order valence-electron chi connectivity index (χ3n) is 3.95. The molecular weight excluding hydrogens is 338 g/mol. The lowest BCUT2D eigenvalue weighted by Gasteiger charge is -2.13. The average Bonchev–Trinajstić information content (AvgIpc) is 3.14. The first-order valence-corrected chi connectivity index (χ1v) is 8.27. The molecule has 2 aromatic carbocycles. The van der Waals surface area contributed by atoms with Gasteiger partial charge in [-0.3, -0.25) is 4.79 Å². The normalized spacial score (nSPS) is 13.2. The summed E-state index contributed by atoms with van der Waals surface area (Å²) in [5, 5.41) is 13.0. The van der Waals surface area contributed by atoms with Gasteiger partial charge < -0.3 is 29.4 Å². The van der Waals surface area contributed by atoms with E-state index in [0.717, 1.165) is 0 Å². The molecule has 0 aromatic heterocycles. The maximum atomic E-state index is 11.9. The number of hydrogen-bond donors (Lipinski definition) is 2. The van der Waals surface area contributed by atoms with Gasteiger partial charge in [0, 0.05) is 6.54 Å². The predicted octanol–water partition coefficient (Wildman–Crippen LogP) is 2.04. The molecule has 7 nitrogen and oxygen atoms in total. The van der Waals surface area contributed by atoms with Crippen molar-refractivity contribution < 1.29 is 28.8 Å². The van der Waals surface area contributed by atoms with Gasteiger partial charge in [-0.15, -0.1) is 0 Å². The van der Waals surface area contributed by atoms with E-state index in [0.29, 0.717) is 41.5 Å². The van der Waals surface area contributed by atoms with Gasteiger partial charge in [0.05, 0.1) is 13.2 Å². The molecule has 1 aliphatic heterocycles. The number of hydrogen-bond acceptors (Lipinski definition) is 6. The topological polar surface area (TPSA) is 86.3 Å². The number of carbonyl (C=O) groups excluding carboxylic acids is 1. The molecule has 2 N–H and O–H groups in total. The van der Waals surface area contributed by atoms with Crippen molar-refractivity contribution in [1.82, 2.24) is 5.32 Å². The highest BCUT2D eigenvalue weighted by Gasteiger charge is 2.16. The lowest BCUT2D eigenvalue weighted by atomic mass is 10.1. The van der Waals surface area contributed by atoms with Crippen LogP contribution < -0.4 is 24.3 Å². The lowest BCUT2D eigenvalue weighted by Crippen LogP contribution is -2.30. The van der Waals surface area contributed by atoms with Gasteiger partial charge >= 0.3 is 0 Å². The Kier molecular flexibility index (Phi) is 5.80. The van der Waals surface area contributed by atoms with Crippen LogP contribution in [0.4, 0.5) is 0 Å². The number of benzene rings is 2. The Morgan fingerprint density at radius 3 is 2.77 bits per heavy atom. The maximum absolute atomic E-state index is 11.9. The molecule has 0 fully saturated rings. The molecule has 7 heteroatoms. The number of para-hydroxylation sites is 2. The molecule has 0 bridgehead atoms. The summed E-state index contributed by atoms with van der Waals surface area (Å²) in [7, 11) is 1.54. The van der Waals surface area contributed by atoms with E-state index < -0.39 is 6.10 Å².